The van der Waals surface area contributed by atoms with Gasteiger partial charge in [0.15, 0.2) is 5.82 Å². The number of carbonyl (C=O) groups is 1. The highest BCUT2D eigenvalue weighted by Gasteiger charge is 2.17. The minimum absolute atomic E-state index is 0.0727. The van der Waals surface area contributed by atoms with E-state index >= 15 is 0 Å². The fraction of sp³-hybridized carbons (Fsp3) is 0.444. The predicted octanol–water partition coefficient (Wildman–Crippen LogP) is 1.04. The van der Waals surface area contributed by atoms with Gasteiger partial charge in [-0.2, -0.15) is 0 Å². The van der Waals surface area contributed by atoms with E-state index in [9.17, 15) is 4.79 Å². The van der Waals surface area contributed by atoms with Crippen molar-refractivity contribution >= 4 is 16.8 Å². The lowest BCUT2D eigenvalue weighted by atomic mass is 10.2. The van der Waals surface area contributed by atoms with Crippen LogP contribution in [-0.4, -0.2) is 55.2 Å². The molecular formula is C18H23N7O. The van der Waals surface area contributed by atoms with Crippen LogP contribution in [0.2, 0.25) is 0 Å². The van der Waals surface area contributed by atoms with Crippen LogP contribution < -0.4 is 5.32 Å². The second-order valence-corrected chi connectivity index (χ2v) is 6.65. The molecule has 2 aromatic heterocycles. The maximum absolute atomic E-state index is 12.2. The lowest BCUT2D eigenvalue weighted by Gasteiger charge is -2.13. The van der Waals surface area contributed by atoms with E-state index in [1.807, 2.05) is 18.3 Å². The lowest BCUT2D eigenvalue weighted by molar-refractivity contribution is -0.121. The van der Waals surface area contributed by atoms with Crippen molar-refractivity contribution in [2.45, 2.75) is 32.5 Å². The average Bonchev–Trinajstić information content (AvgIpc) is 3.38. The molecule has 136 valence electrons. The van der Waals surface area contributed by atoms with Crippen LogP contribution in [0, 0.1) is 0 Å². The number of hydrogen-bond donors (Lipinski definition) is 1. The summed E-state index contributed by atoms with van der Waals surface area (Å²) in [6, 6.07) is 10.3. The standard InChI is InChI=1S/C18H23N7O/c26-18(14-25-17(20-21-22-25)13-23-9-3-4-10-23)19-8-12-24-11-7-15-5-1-2-6-16(15)24/h1-2,5-7,11H,3-4,8-10,12-14H2,(H,19,26). The van der Waals surface area contributed by atoms with Gasteiger partial charge in [-0.25, -0.2) is 4.68 Å². The number of fused-ring (bicyclic) bond motifs is 1. The van der Waals surface area contributed by atoms with Crippen molar-refractivity contribution in [3.8, 4) is 0 Å². The van der Waals surface area contributed by atoms with Crippen molar-refractivity contribution in [3.05, 3.63) is 42.4 Å². The Kier molecular flexibility index (Phi) is 4.92. The van der Waals surface area contributed by atoms with E-state index in [2.05, 4.69) is 48.5 Å². The van der Waals surface area contributed by atoms with Crippen molar-refractivity contribution in [3.63, 3.8) is 0 Å². The van der Waals surface area contributed by atoms with Crippen LogP contribution in [0.1, 0.15) is 18.7 Å². The minimum Gasteiger partial charge on any atom is -0.353 e. The summed E-state index contributed by atoms with van der Waals surface area (Å²) in [6.45, 7) is 4.31. The number of para-hydroxylation sites is 1. The molecule has 3 aromatic rings. The summed E-state index contributed by atoms with van der Waals surface area (Å²) in [6.07, 6.45) is 4.48. The summed E-state index contributed by atoms with van der Waals surface area (Å²) in [7, 11) is 0. The van der Waals surface area contributed by atoms with Crippen molar-refractivity contribution in [1.29, 1.82) is 0 Å². The van der Waals surface area contributed by atoms with E-state index in [0.29, 0.717) is 13.1 Å². The quantitative estimate of drug-likeness (QED) is 0.686. The van der Waals surface area contributed by atoms with Gasteiger partial charge in [0.1, 0.15) is 6.54 Å². The van der Waals surface area contributed by atoms with Crippen LogP contribution in [0.15, 0.2) is 36.5 Å². The van der Waals surface area contributed by atoms with Crippen LogP contribution in [-0.2, 0) is 24.4 Å². The lowest BCUT2D eigenvalue weighted by Crippen LogP contribution is -2.32. The van der Waals surface area contributed by atoms with Gasteiger partial charge in [-0.1, -0.05) is 18.2 Å². The molecule has 1 amide bonds. The van der Waals surface area contributed by atoms with Crippen LogP contribution in [0.5, 0.6) is 0 Å². The number of hydrogen-bond acceptors (Lipinski definition) is 5. The molecule has 8 nitrogen and oxygen atoms in total. The summed E-state index contributed by atoms with van der Waals surface area (Å²) in [5, 5.41) is 15.9. The first kappa shape index (κ1) is 16.7. The van der Waals surface area contributed by atoms with Crippen molar-refractivity contribution < 1.29 is 4.79 Å². The molecule has 3 heterocycles. The molecule has 8 heteroatoms. The first-order valence-corrected chi connectivity index (χ1v) is 9.07. The summed E-state index contributed by atoms with van der Waals surface area (Å²) < 4.78 is 3.74. The molecule has 1 aliphatic rings. The molecule has 1 saturated heterocycles. The topological polar surface area (TPSA) is 80.9 Å². The predicted molar refractivity (Wildman–Crippen MR) is 97.3 cm³/mol. The smallest absolute Gasteiger partial charge is 0.241 e. The fourth-order valence-corrected chi connectivity index (χ4v) is 3.44. The maximum atomic E-state index is 12.2. The molecule has 0 spiro atoms. The van der Waals surface area contributed by atoms with E-state index in [1.54, 1.807) is 4.68 Å². The van der Waals surface area contributed by atoms with Gasteiger partial charge < -0.3 is 9.88 Å². The third-order valence-corrected chi connectivity index (χ3v) is 4.82. The third-order valence-electron chi connectivity index (χ3n) is 4.82. The van der Waals surface area contributed by atoms with Crippen molar-refractivity contribution in [2.75, 3.05) is 19.6 Å². The van der Waals surface area contributed by atoms with Crippen LogP contribution >= 0.6 is 0 Å². The molecule has 0 aliphatic carbocycles. The molecule has 1 aliphatic heterocycles. The Bertz CT molecular complexity index is 878. The summed E-state index contributed by atoms with van der Waals surface area (Å²) >= 11 is 0. The van der Waals surface area contributed by atoms with Crippen LogP contribution in [0.25, 0.3) is 10.9 Å². The number of aromatic nitrogens is 5. The molecular weight excluding hydrogens is 330 g/mol. The number of carbonyl (C=O) groups excluding carboxylic acids is 1. The zero-order valence-corrected chi connectivity index (χ0v) is 14.7. The molecule has 0 saturated carbocycles. The number of benzene rings is 1. The second-order valence-electron chi connectivity index (χ2n) is 6.65. The Morgan fingerprint density at radius 3 is 2.88 bits per heavy atom. The van der Waals surface area contributed by atoms with E-state index < -0.39 is 0 Å². The van der Waals surface area contributed by atoms with Gasteiger partial charge in [0, 0.05) is 24.8 Å². The Labute approximate surface area is 151 Å². The van der Waals surface area contributed by atoms with Gasteiger partial charge in [-0.3, -0.25) is 9.69 Å². The number of likely N-dealkylation sites (tertiary alicyclic amines) is 1. The molecule has 0 bridgehead atoms. The molecule has 0 atom stereocenters. The number of rotatable bonds is 7. The molecule has 0 unspecified atom stereocenters. The zero-order chi connectivity index (χ0) is 17.8. The van der Waals surface area contributed by atoms with E-state index in [1.165, 1.54) is 23.7 Å². The van der Waals surface area contributed by atoms with Gasteiger partial charge in [0.25, 0.3) is 0 Å². The molecule has 26 heavy (non-hydrogen) atoms. The highest BCUT2D eigenvalue weighted by Crippen LogP contribution is 2.14. The summed E-state index contributed by atoms with van der Waals surface area (Å²) in [5.41, 5.74) is 1.18. The monoisotopic (exact) mass is 353 g/mol. The molecule has 1 fully saturated rings. The highest BCUT2D eigenvalue weighted by molar-refractivity contribution is 5.80. The van der Waals surface area contributed by atoms with Gasteiger partial charge in [0.2, 0.25) is 5.91 Å². The molecule has 1 aromatic carbocycles. The summed E-state index contributed by atoms with van der Waals surface area (Å²) in [5.74, 6) is 0.676. The normalized spacial score (nSPS) is 14.9. The van der Waals surface area contributed by atoms with Gasteiger partial charge in [0.05, 0.1) is 6.54 Å². The fourth-order valence-electron chi connectivity index (χ4n) is 3.44. The molecule has 0 radical (unpaired) electrons. The molecule has 1 N–H and O–H groups in total. The van der Waals surface area contributed by atoms with Crippen LogP contribution in [0.4, 0.5) is 0 Å². The Morgan fingerprint density at radius 2 is 2.00 bits per heavy atom. The van der Waals surface area contributed by atoms with E-state index in [4.69, 9.17) is 0 Å². The number of tetrazole rings is 1. The van der Waals surface area contributed by atoms with Crippen molar-refractivity contribution in [1.82, 2.24) is 35.0 Å². The first-order valence-electron chi connectivity index (χ1n) is 9.07. The number of amides is 1. The summed E-state index contributed by atoms with van der Waals surface area (Å²) in [4.78, 5) is 14.6. The first-order chi connectivity index (χ1) is 12.8. The van der Waals surface area contributed by atoms with Gasteiger partial charge >= 0.3 is 0 Å². The number of nitrogens with one attached hydrogen (secondary N) is 1. The average molecular weight is 353 g/mol. The van der Waals surface area contributed by atoms with Crippen LogP contribution in [0.3, 0.4) is 0 Å². The van der Waals surface area contributed by atoms with Gasteiger partial charge in [-0.15, -0.1) is 5.10 Å². The Balaban J connectivity index is 1.28. The second kappa shape index (κ2) is 7.65. The minimum atomic E-state index is -0.0727. The maximum Gasteiger partial charge on any atom is 0.241 e. The largest absolute Gasteiger partial charge is 0.353 e. The Hall–Kier alpha value is -2.74. The van der Waals surface area contributed by atoms with E-state index in [-0.39, 0.29) is 12.5 Å². The van der Waals surface area contributed by atoms with Gasteiger partial charge in [-0.05, 0) is 53.9 Å². The van der Waals surface area contributed by atoms with Crippen molar-refractivity contribution in [2.24, 2.45) is 0 Å². The highest BCUT2D eigenvalue weighted by atomic mass is 16.2. The Morgan fingerprint density at radius 1 is 1.15 bits per heavy atom. The molecule has 4 rings (SSSR count). The third kappa shape index (κ3) is 3.75. The SMILES string of the molecule is O=C(Cn1nnnc1CN1CCCC1)NCCn1ccc2ccccc21. The zero-order valence-electron chi connectivity index (χ0n) is 14.7. The van der Waals surface area contributed by atoms with E-state index in [0.717, 1.165) is 25.5 Å². The number of nitrogens with zero attached hydrogens (tertiary/aromatic N) is 6.